The monoisotopic (exact) mass is 278 g/mol. The molecule has 0 bridgehead atoms. The first kappa shape index (κ1) is 14.5. The molecule has 1 aliphatic carbocycles. The van der Waals surface area contributed by atoms with Gasteiger partial charge < -0.3 is 20.4 Å². The van der Waals surface area contributed by atoms with Crippen LogP contribution in [0.3, 0.4) is 0 Å². The van der Waals surface area contributed by atoms with Gasteiger partial charge in [0.15, 0.2) is 5.84 Å². The van der Waals surface area contributed by atoms with Crippen molar-refractivity contribution in [3.05, 3.63) is 23.8 Å². The Hall–Kier alpha value is -1.91. The van der Waals surface area contributed by atoms with E-state index in [1.165, 1.54) is 12.8 Å². The SMILES string of the molecule is COc1cc(OC2CCCC(C)C2)cc(/C(N)=N/O)c1. The van der Waals surface area contributed by atoms with Gasteiger partial charge in [0.2, 0.25) is 0 Å². The van der Waals surface area contributed by atoms with Crippen LogP contribution in [-0.2, 0) is 0 Å². The molecule has 0 aliphatic heterocycles. The Bertz CT molecular complexity index is 488. The minimum absolute atomic E-state index is 0.0470. The first-order valence-corrected chi connectivity index (χ1v) is 6.96. The summed E-state index contributed by atoms with van der Waals surface area (Å²) in [5.41, 5.74) is 6.22. The summed E-state index contributed by atoms with van der Waals surface area (Å²) in [4.78, 5) is 0. The number of amidine groups is 1. The van der Waals surface area contributed by atoms with Crippen molar-refractivity contribution in [2.75, 3.05) is 7.11 Å². The first-order chi connectivity index (χ1) is 9.62. The molecule has 3 N–H and O–H groups in total. The summed E-state index contributed by atoms with van der Waals surface area (Å²) in [5.74, 6) is 2.08. The second-order valence-corrected chi connectivity index (χ2v) is 5.39. The second-order valence-electron chi connectivity index (χ2n) is 5.39. The number of hydrogen-bond acceptors (Lipinski definition) is 4. The average Bonchev–Trinajstić information content (AvgIpc) is 2.46. The van der Waals surface area contributed by atoms with Gasteiger partial charge in [0, 0.05) is 11.6 Å². The number of benzene rings is 1. The van der Waals surface area contributed by atoms with Crippen LogP contribution in [0.25, 0.3) is 0 Å². The van der Waals surface area contributed by atoms with Gasteiger partial charge in [0.1, 0.15) is 11.5 Å². The maximum Gasteiger partial charge on any atom is 0.170 e. The largest absolute Gasteiger partial charge is 0.497 e. The van der Waals surface area contributed by atoms with Crippen LogP contribution < -0.4 is 15.2 Å². The molecule has 0 saturated heterocycles. The van der Waals surface area contributed by atoms with Crippen molar-refractivity contribution in [1.29, 1.82) is 0 Å². The van der Waals surface area contributed by atoms with Crippen molar-refractivity contribution in [3.8, 4) is 11.5 Å². The third-order valence-corrected chi connectivity index (χ3v) is 3.71. The van der Waals surface area contributed by atoms with Crippen LogP contribution >= 0.6 is 0 Å². The predicted octanol–water partition coefficient (Wildman–Crippen LogP) is 2.75. The second kappa shape index (κ2) is 6.50. The minimum Gasteiger partial charge on any atom is -0.497 e. The van der Waals surface area contributed by atoms with Crippen molar-refractivity contribution in [3.63, 3.8) is 0 Å². The van der Waals surface area contributed by atoms with E-state index < -0.39 is 0 Å². The number of oxime groups is 1. The maximum atomic E-state index is 8.78. The Morgan fingerprint density at radius 3 is 2.70 bits per heavy atom. The number of nitrogens with zero attached hydrogens (tertiary/aromatic N) is 1. The molecule has 5 nitrogen and oxygen atoms in total. The summed E-state index contributed by atoms with van der Waals surface area (Å²) in [7, 11) is 1.58. The molecule has 1 fully saturated rings. The van der Waals surface area contributed by atoms with Crippen molar-refractivity contribution in [1.82, 2.24) is 0 Å². The average molecular weight is 278 g/mol. The van der Waals surface area contributed by atoms with Crippen LogP contribution in [-0.4, -0.2) is 24.3 Å². The molecular weight excluding hydrogens is 256 g/mol. The zero-order valence-electron chi connectivity index (χ0n) is 12.0. The summed E-state index contributed by atoms with van der Waals surface area (Å²) in [6.07, 6.45) is 4.83. The van der Waals surface area contributed by atoms with Crippen molar-refractivity contribution >= 4 is 5.84 Å². The highest BCUT2D eigenvalue weighted by Crippen LogP contribution is 2.29. The summed E-state index contributed by atoms with van der Waals surface area (Å²) in [5, 5.41) is 11.8. The summed E-state index contributed by atoms with van der Waals surface area (Å²) >= 11 is 0. The third-order valence-electron chi connectivity index (χ3n) is 3.71. The van der Waals surface area contributed by atoms with Gasteiger partial charge in [0.05, 0.1) is 13.2 Å². The number of methoxy groups -OCH3 is 1. The molecule has 0 spiro atoms. The number of hydrogen-bond donors (Lipinski definition) is 2. The first-order valence-electron chi connectivity index (χ1n) is 6.96. The molecule has 5 heteroatoms. The van der Waals surface area contributed by atoms with Crippen molar-refractivity contribution in [2.24, 2.45) is 16.8 Å². The lowest BCUT2D eigenvalue weighted by Gasteiger charge is -2.27. The Morgan fingerprint density at radius 2 is 2.05 bits per heavy atom. The molecule has 0 aromatic heterocycles. The van der Waals surface area contributed by atoms with Crippen LogP contribution in [0.5, 0.6) is 11.5 Å². The van der Waals surface area contributed by atoms with E-state index >= 15 is 0 Å². The lowest BCUT2D eigenvalue weighted by molar-refractivity contribution is 0.129. The van der Waals surface area contributed by atoms with Crippen LogP contribution in [0.2, 0.25) is 0 Å². The summed E-state index contributed by atoms with van der Waals surface area (Å²) < 4.78 is 11.3. The zero-order chi connectivity index (χ0) is 14.5. The number of ether oxygens (including phenoxy) is 2. The fourth-order valence-electron chi connectivity index (χ4n) is 2.64. The zero-order valence-corrected chi connectivity index (χ0v) is 12.0. The smallest absolute Gasteiger partial charge is 0.170 e. The molecule has 1 aliphatic rings. The van der Waals surface area contributed by atoms with E-state index in [0.717, 1.165) is 12.8 Å². The Balaban J connectivity index is 2.18. The molecule has 20 heavy (non-hydrogen) atoms. The molecule has 2 atom stereocenters. The molecule has 2 rings (SSSR count). The molecule has 1 aromatic rings. The lowest BCUT2D eigenvalue weighted by Crippen LogP contribution is -2.24. The van der Waals surface area contributed by atoms with E-state index in [1.54, 1.807) is 19.2 Å². The van der Waals surface area contributed by atoms with Gasteiger partial charge in [-0.25, -0.2) is 0 Å². The minimum atomic E-state index is 0.0470. The molecule has 0 radical (unpaired) electrons. The standard InChI is InChI=1S/C15H22N2O3/c1-10-4-3-5-12(6-10)20-14-8-11(15(16)17-18)7-13(9-14)19-2/h7-10,12,18H,3-6H2,1-2H3,(H2,16,17). The van der Waals surface area contributed by atoms with Gasteiger partial charge in [0.25, 0.3) is 0 Å². The molecule has 0 amide bonds. The van der Waals surface area contributed by atoms with Crippen LogP contribution in [0.15, 0.2) is 23.4 Å². The highest BCUT2D eigenvalue weighted by atomic mass is 16.5. The van der Waals surface area contributed by atoms with Gasteiger partial charge in [-0.05, 0) is 37.3 Å². The van der Waals surface area contributed by atoms with Gasteiger partial charge >= 0.3 is 0 Å². The third kappa shape index (κ3) is 3.56. The highest BCUT2D eigenvalue weighted by Gasteiger charge is 2.20. The summed E-state index contributed by atoms with van der Waals surface area (Å²) in [6.45, 7) is 2.25. The van der Waals surface area contributed by atoms with Crippen LogP contribution in [0.1, 0.15) is 38.2 Å². The molecule has 2 unspecified atom stereocenters. The predicted molar refractivity (Wildman–Crippen MR) is 77.6 cm³/mol. The van der Waals surface area contributed by atoms with Gasteiger partial charge in [-0.3, -0.25) is 0 Å². The number of nitrogens with two attached hydrogens (primary N) is 1. The molecular formula is C15H22N2O3. The van der Waals surface area contributed by atoms with E-state index in [4.69, 9.17) is 20.4 Å². The Labute approximate surface area is 119 Å². The van der Waals surface area contributed by atoms with Gasteiger partial charge in [-0.2, -0.15) is 0 Å². The Kier molecular flexibility index (Phi) is 4.71. The molecule has 1 aromatic carbocycles. The van der Waals surface area contributed by atoms with E-state index in [-0.39, 0.29) is 11.9 Å². The van der Waals surface area contributed by atoms with Crippen LogP contribution in [0.4, 0.5) is 0 Å². The summed E-state index contributed by atoms with van der Waals surface area (Å²) in [6, 6.07) is 5.32. The van der Waals surface area contributed by atoms with Gasteiger partial charge in [-0.15, -0.1) is 0 Å². The highest BCUT2D eigenvalue weighted by molar-refractivity contribution is 5.97. The van der Waals surface area contributed by atoms with Crippen molar-refractivity contribution < 1.29 is 14.7 Å². The van der Waals surface area contributed by atoms with Crippen LogP contribution in [0, 0.1) is 5.92 Å². The van der Waals surface area contributed by atoms with Crippen molar-refractivity contribution in [2.45, 2.75) is 38.7 Å². The molecule has 1 saturated carbocycles. The normalized spacial score (nSPS) is 23.4. The van der Waals surface area contributed by atoms with E-state index in [0.29, 0.717) is 23.0 Å². The maximum absolute atomic E-state index is 8.78. The number of rotatable bonds is 4. The fraction of sp³-hybridized carbons (Fsp3) is 0.533. The fourth-order valence-corrected chi connectivity index (χ4v) is 2.64. The molecule has 110 valence electrons. The van der Waals surface area contributed by atoms with Gasteiger partial charge in [-0.1, -0.05) is 18.5 Å². The topological polar surface area (TPSA) is 77.1 Å². The quantitative estimate of drug-likeness (QED) is 0.384. The Morgan fingerprint density at radius 1 is 1.30 bits per heavy atom. The van der Waals surface area contributed by atoms with E-state index in [1.807, 2.05) is 6.07 Å². The van der Waals surface area contributed by atoms with E-state index in [2.05, 4.69) is 12.1 Å². The molecule has 0 heterocycles. The van der Waals surface area contributed by atoms with E-state index in [9.17, 15) is 0 Å². The lowest BCUT2D eigenvalue weighted by atomic mass is 9.89.